The molecular weight excluding hydrogens is 338 g/mol. The number of sulfone groups is 1. The number of nitrogens with one attached hydrogen (secondary N) is 2. The van der Waals surface area contributed by atoms with E-state index in [1.807, 2.05) is 19.1 Å². The van der Waals surface area contributed by atoms with Crippen molar-refractivity contribution in [3.8, 4) is 0 Å². The van der Waals surface area contributed by atoms with Crippen LogP contribution in [0.2, 0.25) is 0 Å². The number of hydrogen-bond acceptors (Lipinski definition) is 4. The second kappa shape index (κ2) is 8.19. The Kier molecular flexibility index (Phi) is 6.46. The Labute approximate surface area is 151 Å². The highest BCUT2D eigenvalue weighted by molar-refractivity contribution is 7.90. The van der Waals surface area contributed by atoms with Gasteiger partial charge in [-0.3, -0.25) is 4.99 Å². The van der Waals surface area contributed by atoms with Crippen LogP contribution < -0.4 is 10.6 Å². The molecule has 6 nitrogen and oxygen atoms in total. The van der Waals surface area contributed by atoms with Crippen molar-refractivity contribution in [3.05, 3.63) is 29.3 Å². The summed E-state index contributed by atoms with van der Waals surface area (Å²) in [5, 5.41) is 6.67. The molecule has 0 radical (unpaired) electrons. The zero-order chi connectivity index (χ0) is 18.5. The van der Waals surface area contributed by atoms with E-state index in [0.717, 1.165) is 36.7 Å². The third-order valence-corrected chi connectivity index (χ3v) is 6.00. The number of benzene rings is 1. The first kappa shape index (κ1) is 19.7. The molecule has 1 aromatic rings. The Balaban J connectivity index is 1.88. The van der Waals surface area contributed by atoms with E-state index >= 15 is 0 Å². The Hall–Kier alpha value is -1.60. The maximum atomic E-state index is 11.7. The van der Waals surface area contributed by atoms with Crippen LogP contribution in [0.3, 0.4) is 0 Å². The fraction of sp³-hybridized carbons (Fsp3) is 0.611. The number of methoxy groups -OCH3 is 1. The summed E-state index contributed by atoms with van der Waals surface area (Å²) in [5.74, 6) is 0.758. The first-order valence-electron chi connectivity index (χ1n) is 8.53. The van der Waals surface area contributed by atoms with Crippen molar-refractivity contribution >= 4 is 15.8 Å². The third kappa shape index (κ3) is 5.71. The molecule has 25 heavy (non-hydrogen) atoms. The van der Waals surface area contributed by atoms with E-state index in [1.165, 1.54) is 19.1 Å². The SMILES string of the molecule is CN=C(NCc1ccc(S(C)(=O)=O)c(C)c1)NCC1(CCOC)CC1. The predicted octanol–water partition coefficient (Wildman–Crippen LogP) is 1.88. The van der Waals surface area contributed by atoms with Crippen molar-refractivity contribution in [2.75, 3.05) is 33.6 Å². The van der Waals surface area contributed by atoms with Crippen molar-refractivity contribution in [3.63, 3.8) is 0 Å². The summed E-state index contributed by atoms with van der Waals surface area (Å²) >= 11 is 0. The van der Waals surface area contributed by atoms with E-state index in [-0.39, 0.29) is 0 Å². The lowest BCUT2D eigenvalue weighted by Crippen LogP contribution is -2.40. The van der Waals surface area contributed by atoms with E-state index in [4.69, 9.17) is 4.74 Å². The summed E-state index contributed by atoms with van der Waals surface area (Å²) in [5.41, 5.74) is 2.14. The van der Waals surface area contributed by atoms with Crippen LogP contribution in [0.15, 0.2) is 28.1 Å². The van der Waals surface area contributed by atoms with E-state index in [1.54, 1.807) is 20.2 Å². The van der Waals surface area contributed by atoms with Gasteiger partial charge in [-0.05, 0) is 48.8 Å². The van der Waals surface area contributed by atoms with E-state index in [2.05, 4.69) is 15.6 Å². The molecule has 0 spiro atoms. The standard InChI is InChI=1S/C18H29N3O3S/c1-14-11-15(5-6-16(14)25(4,22)23)12-20-17(19-2)21-13-18(7-8-18)9-10-24-3/h5-6,11H,7-10,12-13H2,1-4H3,(H2,19,20,21). The van der Waals surface area contributed by atoms with Gasteiger partial charge >= 0.3 is 0 Å². The molecule has 0 unspecified atom stereocenters. The molecule has 0 aliphatic heterocycles. The lowest BCUT2D eigenvalue weighted by molar-refractivity contribution is 0.172. The summed E-state index contributed by atoms with van der Waals surface area (Å²) in [7, 11) is 0.311. The molecule has 1 aromatic carbocycles. The lowest BCUT2D eigenvalue weighted by Gasteiger charge is -2.18. The molecule has 0 saturated heterocycles. The second-order valence-electron chi connectivity index (χ2n) is 6.89. The minimum absolute atomic E-state index is 0.349. The quantitative estimate of drug-likeness (QED) is 0.542. The topological polar surface area (TPSA) is 79.8 Å². The zero-order valence-electron chi connectivity index (χ0n) is 15.6. The fourth-order valence-electron chi connectivity index (χ4n) is 2.93. The monoisotopic (exact) mass is 367 g/mol. The van der Waals surface area contributed by atoms with Gasteiger partial charge in [-0.15, -0.1) is 0 Å². The first-order valence-corrected chi connectivity index (χ1v) is 10.4. The highest BCUT2D eigenvalue weighted by atomic mass is 32.2. The number of aryl methyl sites for hydroxylation is 1. The molecule has 2 N–H and O–H groups in total. The summed E-state index contributed by atoms with van der Waals surface area (Å²) in [6.07, 6.45) is 4.76. The van der Waals surface area contributed by atoms with Gasteiger partial charge in [-0.1, -0.05) is 12.1 Å². The number of ether oxygens (including phenoxy) is 1. The molecule has 0 atom stereocenters. The zero-order valence-corrected chi connectivity index (χ0v) is 16.4. The average molecular weight is 368 g/mol. The van der Waals surface area contributed by atoms with Crippen molar-refractivity contribution in [2.24, 2.45) is 10.4 Å². The highest BCUT2D eigenvalue weighted by Crippen LogP contribution is 2.48. The van der Waals surface area contributed by atoms with Gasteiger partial charge in [-0.2, -0.15) is 0 Å². The van der Waals surface area contributed by atoms with E-state index < -0.39 is 9.84 Å². The Morgan fingerprint density at radius 2 is 2.04 bits per heavy atom. The molecule has 1 aliphatic rings. The minimum Gasteiger partial charge on any atom is -0.385 e. The molecular formula is C18H29N3O3S. The molecule has 140 valence electrons. The van der Waals surface area contributed by atoms with Gasteiger partial charge in [0.15, 0.2) is 15.8 Å². The van der Waals surface area contributed by atoms with Crippen LogP contribution in [0.4, 0.5) is 0 Å². The highest BCUT2D eigenvalue weighted by Gasteiger charge is 2.41. The average Bonchev–Trinajstić information content (AvgIpc) is 3.32. The lowest BCUT2D eigenvalue weighted by atomic mass is 10.0. The Morgan fingerprint density at radius 3 is 2.56 bits per heavy atom. The van der Waals surface area contributed by atoms with E-state index in [9.17, 15) is 8.42 Å². The number of hydrogen-bond donors (Lipinski definition) is 2. The van der Waals surface area contributed by atoms with Crippen LogP contribution >= 0.6 is 0 Å². The summed E-state index contributed by atoms with van der Waals surface area (Å²) in [4.78, 5) is 4.64. The predicted molar refractivity (Wildman–Crippen MR) is 101 cm³/mol. The largest absolute Gasteiger partial charge is 0.385 e. The molecule has 1 aliphatic carbocycles. The maximum absolute atomic E-state index is 11.7. The van der Waals surface area contributed by atoms with Crippen molar-refractivity contribution in [1.82, 2.24) is 10.6 Å². The summed E-state index contributed by atoms with van der Waals surface area (Å²) in [6, 6.07) is 5.41. The van der Waals surface area contributed by atoms with Crippen LogP contribution in [-0.2, 0) is 21.1 Å². The number of rotatable bonds is 8. The van der Waals surface area contributed by atoms with Gasteiger partial charge in [-0.25, -0.2) is 8.42 Å². The minimum atomic E-state index is -3.18. The molecule has 0 aromatic heterocycles. The summed E-state index contributed by atoms with van der Waals surface area (Å²) in [6.45, 7) is 4.09. The molecule has 1 saturated carbocycles. The molecule has 0 heterocycles. The van der Waals surface area contributed by atoms with Crippen molar-refractivity contribution in [2.45, 2.75) is 37.6 Å². The second-order valence-corrected chi connectivity index (χ2v) is 8.88. The van der Waals surface area contributed by atoms with Crippen molar-refractivity contribution < 1.29 is 13.2 Å². The third-order valence-electron chi connectivity index (χ3n) is 4.75. The van der Waals surface area contributed by atoms with Crippen LogP contribution in [0, 0.1) is 12.3 Å². The van der Waals surface area contributed by atoms with Gasteiger partial charge in [0.2, 0.25) is 0 Å². The van der Waals surface area contributed by atoms with Crippen LogP contribution in [0.25, 0.3) is 0 Å². The number of guanidine groups is 1. The molecule has 2 rings (SSSR count). The van der Waals surface area contributed by atoms with E-state index in [0.29, 0.717) is 16.9 Å². The van der Waals surface area contributed by atoms with Gasteiger partial charge in [0.05, 0.1) is 4.90 Å². The van der Waals surface area contributed by atoms with Gasteiger partial charge in [0.1, 0.15) is 0 Å². The van der Waals surface area contributed by atoms with Crippen LogP contribution in [-0.4, -0.2) is 47.9 Å². The molecule has 1 fully saturated rings. The molecule has 7 heteroatoms. The van der Waals surface area contributed by atoms with Crippen molar-refractivity contribution in [1.29, 1.82) is 0 Å². The maximum Gasteiger partial charge on any atom is 0.191 e. The fourth-order valence-corrected chi connectivity index (χ4v) is 3.88. The van der Waals surface area contributed by atoms with Gasteiger partial charge < -0.3 is 15.4 Å². The smallest absolute Gasteiger partial charge is 0.191 e. The van der Waals surface area contributed by atoms with Crippen LogP contribution in [0.5, 0.6) is 0 Å². The Bertz CT molecular complexity index is 725. The Morgan fingerprint density at radius 1 is 1.32 bits per heavy atom. The molecule has 0 bridgehead atoms. The first-order chi connectivity index (χ1) is 11.8. The van der Waals surface area contributed by atoms with Crippen LogP contribution in [0.1, 0.15) is 30.4 Å². The number of nitrogens with zero attached hydrogens (tertiary/aromatic N) is 1. The number of aliphatic imine (C=N–C) groups is 1. The normalized spacial score (nSPS) is 16.6. The molecule has 0 amide bonds. The van der Waals surface area contributed by atoms with Gasteiger partial charge in [0, 0.05) is 40.1 Å². The summed E-state index contributed by atoms with van der Waals surface area (Å²) < 4.78 is 28.6. The van der Waals surface area contributed by atoms with Gasteiger partial charge in [0.25, 0.3) is 0 Å².